The van der Waals surface area contributed by atoms with Crippen molar-refractivity contribution in [2.45, 2.75) is 91.7 Å². The minimum absolute atomic E-state index is 0.436. The number of benzene rings is 2. The van der Waals surface area contributed by atoms with Crippen LogP contribution in [0.4, 0.5) is 11.4 Å². The van der Waals surface area contributed by atoms with E-state index in [1.54, 1.807) is 5.73 Å². The number of amidine groups is 1. The first-order valence-electron chi connectivity index (χ1n) is 12.9. The lowest BCUT2D eigenvalue weighted by molar-refractivity contribution is -0.356. The third kappa shape index (κ3) is 3.59. The van der Waals surface area contributed by atoms with Gasteiger partial charge in [0.25, 0.3) is 0 Å². The van der Waals surface area contributed by atoms with E-state index in [9.17, 15) is 0 Å². The summed E-state index contributed by atoms with van der Waals surface area (Å²) in [6, 6.07) is 9.43. The smallest absolute Gasteiger partial charge is 0.152 e. The highest BCUT2D eigenvalue weighted by Gasteiger charge is 2.49. The molecular formula is C29H39BN2+. The van der Waals surface area contributed by atoms with Crippen molar-refractivity contribution < 1.29 is 4.58 Å². The maximum Gasteiger partial charge on any atom is 0.235 e. The second kappa shape index (κ2) is 8.34. The molecule has 0 atom stereocenters. The van der Waals surface area contributed by atoms with E-state index >= 15 is 0 Å². The van der Waals surface area contributed by atoms with Gasteiger partial charge in [-0.25, -0.2) is 0 Å². The number of nitrogens with zero attached hydrogens (tertiary/aromatic N) is 2. The number of aryl methyl sites for hydroxylation is 6. The van der Waals surface area contributed by atoms with E-state index in [2.05, 4.69) is 87.7 Å². The highest BCUT2D eigenvalue weighted by Crippen LogP contribution is 2.48. The van der Waals surface area contributed by atoms with Crippen LogP contribution in [0.25, 0.3) is 0 Å². The molecule has 5 rings (SSSR count). The zero-order chi connectivity index (χ0) is 22.6. The Morgan fingerprint density at radius 2 is 1.06 bits per heavy atom. The Hall–Kier alpha value is -2.13. The average Bonchev–Trinajstić information content (AvgIpc) is 3.09. The van der Waals surface area contributed by atoms with Gasteiger partial charge in [-0.15, -0.1) is 4.58 Å². The molecular weight excluding hydrogens is 387 g/mol. The molecule has 2 nitrogen and oxygen atoms in total. The van der Waals surface area contributed by atoms with E-state index in [1.165, 1.54) is 83.3 Å². The first-order chi connectivity index (χ1) is 15.3. The van der Waals surface area contributed by atoms with Crippen LogP contribution < -0.4 is 4.90 Å². The van der Waals surface area contributed by atoms with Gasteiger partial charge in [0.05, 0.1) is 0 Å². The minimum atomic E-state index is -0.436. The Kier molecular flexibility index (Phi) is 5.66. The second-order valence-electron chi connectivity index (χ2n) is 11.2. The van der Waals surface area contributed by atoms with Crippen LogP contribution in [0.3, 0.4) is 0 Å². The Balaban J connectivity index is 1.74. The Morgan fingerprint density at radius 3 is 1.53 bits per heavy atom. The van der Waals surface area contributed by atoms with Gasteiger partial charge in [-0.05, 0) is 58.6 Å². The van der Waals surface area contributed by atoms with Crippen LogP contribution in [0.15, 0.2) is 36.7 Å². The Morgan fingerprint density at radius 1 is 0.625 bits per heavy atom. The molecule has 3 aliphatic heterocycles. The minimum Gasteiger partial charge on any atom is -0.152 e. The lowest BCUT2D eigenvalue weighted by Crippen LogP contribution is -2.50. The van der Waals surface area contributed by atoms with Crippen LogP contribution in [-0.4, -0.2) is 17.0 Å². The Bertz CT molecular complexity index is 1060. The van der Waals surface area contributed by atoms with Gasteiger partial charge in [0, 0.05) is 22.3 Å². The van der Waals surface area contributed by atoms with Crippen molar-refractivity contribution in [3.05, 3.63) is 70.0 Å². The highest BCUT2D eigenvalue weighted by atomic mass is 15.3. The molecule has 1 radical (unpaired) electrons. The van der Waals surface area contributed by atoms with Crippen molar-refractivity contribution in [3.63, 3.8) is 0 Å². The molecule has 0 aromatic heterocycles. The van der Waals surface area contributed by atoms with Gasteiger partial charge in [-0.3, -0.25) is 0 Å². The summed E-state index contributed by atoms with van der Waals surface area (Å²) in [5, 5.41) is 0. The first kappa shape index (κ1) is 21.7. The van der Waals surface area contributed by atoms with E-state index in [0.29, 0.717) is 0 Å². The van der Waals surface area contributed by atoms with Crippen molar-refractivity contribution in [3.8, 4) is 0 Å². The number of anilines is 1. The van der Waals surface area contributed by atoms with Gasteiger partial charge in [0.1, 0.15) is 0 Å². The summed E-state index contributed by atoms with van der Waals surface area (Å²) in [6.45, 7) is 13.2. The largest absolute Gasteiger partial charge is 0.235 e. The third-order valence-corrected chi connectivity index (χ3v) is 8.73. The molecule has 32 heavy (non-hydrogen) atoms. The van der Waals surface area contributed by atoms with Gasteiger partial charge in [-0.2, -0.15) is 11.6 Å². The molecule has 167 valence electrons. The Labute approximate surface area is 195 Å². The maximum absolute atomic E-state index is 2.61. The molecule has 0 aliphatic carbocycles. The number of hydrogen-bond acceptors (Lipinski definition) is 1. The van der Waals surface area contributed by atoms with Crippen LogP contribution in [-0.2, 0) is 0 Å². The van der Waals surface area contributed by atoms with Crippen molar-refractivity contribution >= 4 is 23.8 Å². The summed E-state index contributed by atoms with van der Waals surface area (Å²) in [5.74, 6) is 1.80. The quantitative estimate of drug-likeness (QED) is 0.357. The fourth-order valence-electron chi connectivity index (χ4n) is 7.87. The van der Waals surface area contributed by atoms with Crippen LogP contribution in [0, 0.1) is 41.5 Å². The van der Waals surface area contributed by atoms with Crippen LogP contribution in [0.5, 0.6) is 0 Å². The van der Waals surface area contributed by atoms with E-state index in [4.69, 9.17) is 0 Å². The molecule has 2 bridgehead atoms. The van der Waals surface area contributed by atoms with E-state index in [-0.39, 0.29) is 0 Å². The lowest BCUT2D eigenvalue weighted by atomic mass is 9.26. The van der Waals surface area contributed by atoms with E-state index < -0.39 is 6.71 Å². The van der Waals surface area contributed by atoms with Gasteiger partial charge < -0.3 is 0 Å². The van der Waals surface area contributed by atoms with Gasteiger partial charge in [-0.1, -0.05) is 61.8 Å². The fourth-order valence-corrected chi connectivity index (χ4v) is 7.87. The summed E-state index contributed by atoms with van der Waals surface area (Å²) >= 11 is 0. The molecule has 0 unspecified atom stereocenters. The molecule has 3 aliphatic rings. The monoisotopic (exact) mass is 426 g/mol. The zero-order valence-corrected chi connectivity index (χ0v) is 21.0. The first-order valence-corrected chi connectivity index (χ1v) is 12.9. The zero-order valence-electron chi connectivity index (χ0n) is 21.0. The van der Waals surface area contributed by atoms with E-state index in [0.717, 1.165) is 11.6 Å². The van der Waals surface area contributed by atoms with Crippen LogP contribution in [0.1, 0.15) is 71.9 Å². The van der Waals surface area contributed by atoms with Gasteiger partial charge in [0.15, 0.2) is 12.4 Å². The number of hydrogen-bond donors (Lipinski definition) is 0. The van der Waals surface area contributed by atoms with Crippen molar-refractivity contribution in [1.82, 2.24) is 4.90 Å². The van der Waals surface area contributed by atoms with Crippen molar-refractivity contribution in [1.29, 1.82) is 0 Å². The molecule has 2 fully saturated rings. The summed E-state index contributed by atoms with van der Waals surface area (Å²) in [6.07, 6.45) is 13.3. The predicted molar refractivity (Wildman–Crippen MR) is 140 cm³/mol. The standard InChI is InChI=1S/C29H39BN2/c1-19-15-21(3)27(22(4)16-19)31-13-14-32(28-23(5)17-20(2)18-24(28)6)29(31)30-25-9-7-10-26(30)12-8-11-25/h13-18,25-26,30H,7-12H2,1-6H3/q+1. The normalized spacial score (nSPS) is 25.6. The number of fused-ring (bicyclic) bond motifs is 2. The van der Waals surface area contributed by atoms with E-state index in [1.807, 2.05) is 0 Å². The molecule has 0 amide bonds. The van der Waals surface area contributed by atoms with Crippen LogP contribution >= 0.6 is 0 Å². The SMILES string of the molecule is Cc1cc(C)c([N+]2C=C[N+](c3c(C)cc(C)cc3C)=C2[BH-]2C3CCCC2CCC3)c(C)c1. The van der Waals surface area contributed by atoms with Crippen molar-refractivity contribution in [2.75, 3.05) is 0 Å². The van der Waals surface area contributed by atoms with Gasteiger partial charge >= 0.3 is 0 Å². The topological polar surface area (TPSA) is 8.91 Å². The fraction of sp³-hybridized carbons (Fsp3) is 0.483. The highest BCUT2D eigenvalue weighted by molar-refractivity contribution is 6.93. The summed E-state index contributed by atoms with van der Waals surface area (Å²) in [4.78, 5) is 2.61. The summed E-state index contributed by atoms with van der Waals surface area (Å²) in [7, 11) is 0. The molecule has 2 aromatic carbocycles. The molecule has 2 aromatic rings. The second-order valence-corrected chi connectivity index (χ2v) is 11.2. The molecule has 0 saturated carbocycles. The molecule has 3 heterocycles. The van der Waals surface area contributed by atoms with Gasteiger partial charge in [0.2, 0.25) is 23.8 Å². The molecule has 3 heteroatoms. The molecule has 0 spiro atoms. The average molecular weight is 426 g/mol. The molecule has 0 N–H and O–H groups in total. The maximum atomic E-state index is 2.61. The summed E-state index contributed by atoms with van der Waals surface area (Å²) in [5.41, 5.74) is 12.7. The number of rotatable bonds is 3. The third-order valence-electron chi connectivity index (χ3n) is 8.73. The van der Waals surface area contributed by atoms with Crippen LogP contribution in [0.2, 0.25) is 11.6 Å². The molecule has 2 saturated heterocycles. The van der Waals surface area contributed by atoms with Crippen molar-refractivity contribution in [2.24, 2.45) is 0 Å². The lowest BCUT2D eigenvalue weighted by Gasteiger charge is -2.45. The summed E-state index contributed by atoms with van der Waals surface area (Å²) < 4.78 is 2.61. The predicted octanol–water partition coefficient (Wildman–Crippen LogP) is 7.41.